The van der Waals surface area contributed by atoms with Gasteiger partial charge >= 0.3 is 12.1 Å². The van der Waals surface area contributed by atoms with Gasteiger partial charge in [-0.25, -0.2) is 14.0 Å². The number of hydrogen-bond donors (Lipinski definition) is 3. The molecule has 1 heterocycles. The minimum atomic E-state index is -1.46. The van der Waals surface area contributed by atoms with Crippen LogP contribution in [0.3, 0.4) is 0 Å². The Balaban J connectivity index is 2.81. The molecule has 13 heavy (non-hydrogen) atoms. The molecule has 1 unspecified atom stereocenters. The van der Waals surface area contributed by atoms with Crippen LogP contribution in [0.1, 0.15) is 0 Å². The highest BCUT2D eigenvalue weighted by Crippen LogP contribution is 2.15. The number of nitrogens with one attached hydrogen (secondary N) is 1. The topological polar surface area (TPSA) is 116 Å². The average Bonchev–Trinajstić information content (AvgIpc) is 2.22. The zero-order valence-corrected chi connectivity index (χ0v) is 6.85. The highest BCUT2D eigenvalue weighted by atomic mass is 35.5. The molecule has 1 fully saturated rings. The van der Waals surface area contributed by atoms with Crippen molar-refractivity contribution in [1.29, 1.82) is 0 Å². The van der Waals surface area contributed by atoms with Gasteiger partial charge in [0.1, 0.15) is 0 Å². The molecule has 0 bridgehead atoms. The zero-order chi connectivity index (χ0) is 10.2. The van der Waals surface area contributed by atoms with Crippen molar-refractivity contribution in [3.05, 3.63) is 0 Å². The molecule has 8 nitrogen and oxygen atoms in total. The second-order valence-electron chi connectivity index (χ2n) is 2.15. The fourth-order valence-corrected chi connectivity index (χ4v) is 0.965. The molecule has 0 aromatic carbocycles. The lowest BCUT2D eigenvalue weighted by atomic mass is 10.5. The lowest BCUT2D eigenvalue weighted by Gasteiger charge is -2.11. The predicted molar refractivity (Wildman–Crippen MR) is 38.2 cm³/mol. The standard InChI is InChI=1S/C4H5ClN4O4/c5-8-1(7-3(6)11)2(10)9(13)4(8)12/h1,13H,(H3,6,7,11). The normalized spacial score (nSPS) is 22.5. The molecule has 1 aliphatic heterocycles. The lowest BCUT2D eigenvalue weighted by Crippen LogP contribution is -2.47. The number of carbonyl (C=O) groups is 3. The third kappa shape index (κ3) is 1.48. The van der Waals surface area contributed by atoms with Crippen LogP contribution in [-0.4, -0.2) is 38.8 Å². The molecular formula is C4H5ClN4O4. The van der Waals surface area contributed by atoms with E-state index >= 15 is 0 Å². The monoisotopic (exact) mass is 208 g/mol. The van der Waals surface area contributed by atoms with Gasteiger partial charge in [-0.1, -0.05) is 0 Å². The van der Waals surface area contributed by atoms with E-state index in [1.165, 1.54) is 0 Å². The summed E-state index contributed by atoms with van der Waals surface area (Å²) in [6.45, 7) is 0. The van der Waals surface area contributed by atoms with Gasteiger partial charge in [0.25, 0.3) is 5.91 Å². The van der Waals surface area contributed by atoms with Crippen molar-refractivity contribution >= 4 is 29.7 Å². The second-order valence-corrected chi connectivity index (χ2v) is 2.52. The first-order chi connectivity index (χ1) is 5.95. The molecule has 1 atom stereocenters. The number of halogens is 1. The third-order valence-corrected chi connectivity index (χ3v) is 1.65. The largest absolute Gasteiger partial charge is 0.368 e. The number of hydrogen-bond acceptors (Lipinski definition) is 4. The van der Waals surface area contributed by atoms with Crippen LogP contribution in [0.5, 0.6) is 0 Å². The Morgan fingerprint density at radius 2 is 2.15 bits per heavy atom. The van der Waals surface area contributed by atoms with E-state index in [1.54, 1.807) is 0 Å². The van der Waals surface area contributed by atoms with Crippen LogP contribution in [0.4, 0.5) is 9.59 Å². The number of amides is 5. The molecule has 1 saturated heterocycles. The van der Waals surface area contributed by atoms with Gasteiger partial charge in [-0.15, -0.1) is 5.06 Å². The number of imide groups is 1. The molecule has 4 N–H and O–H groups in total. The van der Waals surface area contributed by atoms with Crippen LogP contribution in [-0.2, 0) is 4.79 Å². The lowest BCUT2D eigenvalue weighted by molar-refractivity contribution is -0.149. The fourth-order valence-electron chi connectivity index (χ4n) is 0.761. The molecule has 0 aliphatic carbocycles. The molecule has 0 radical (unpaired) electrons. The van der Waals surface area contributed by atoms with Gasteiger partial charge in [0, 0.05) is 11.8 Å². The molecule has 1 rings (SSSR count). The maximum absolute atomic E-state index is 10.9. The quantitative estimate of drug-likeness (QED) is 0.285. The van der Waals surface area contributed by atoms with Gasteiger partial charge in [-0.05, 0) is 0 Å². The molecule has 72 valence electrons. The van der Waals surface area contributed by atoms with Crippen LogP contribution >= 0.6 is 11.8 Å². The number of nitrogens with zero attached hydrogens (tertiary/aromatic N) is 2. The van der Waals surface area contributed by atoms with E-state index < -0.39 is 24.1 Å². The van der Waals surface area contributed by atoms with Crippen molar-refractivity contribution in [2.24, 2.45) is 5.73 Å². The number of carbonyl (C=O) groups excluding carboxylic acids is 3. The van der Waals surface area contributed by atoms with E-state index in [2.05, 4.69) is 5.73 Å². The maximum atomic E-state index is 10.9. The molecular weight excluding hydrogens is 204 g/mol. The van der Waals surface area contributed by atoms with Crippen molar-refractivity contribution < 1.29 is 19.6 Å². The molecule has 5 amide bonds. The van der Waals surface area contributed by atoms with Crippen LogP contribution in [0.15, 0.2) is 0 Å². The Morgan fingerprint density at radius 1 is 1.62 bits per heavy atom. The summed E-state index contributed by atoms with van der Waals surface area (Å²) in [5, 5.41) is 10.4. The summed E-state index contributed by atoms with van der Waals surface area (Å²) >= 11 is 5.25. The SMILES string of the molecule is NC(=O)NC1C(=O)N(O)C(=O)N1Cl. The summed E-state index contributed by atoms with van der Waals surface area (Å²) in [6, 6.07) is -2.18. The Hall–Kier alpha value is -1.54. The van der Waals surface area contributed by atoms with Crippen molar-refractivity contribution in [2.45, 2.75) is 6.17 Å². The van der Waals surface area contributed by atoms with Gasteiger partial charge in [0.05, 0.1) is 0 Å². The van der Waals surface area contributed by atoms with E-state index in [0.29, 0.717) is 4.42 Å². The minimum Gasteiger partial charge on any atom is -0.352 e. The Bertz CT molecular complexity index is 281. The number of nitrogens with two attached hydrogens (primary N) is 1. The van der Waals surface area contributed by atoms with Crippen molar-refractivity contribution in [3.63, 3.8) is 0 Å². The third-order valence-electron chi connectivity index (χ3n) is 1.31. The molecule has 9 heteroatoms. The van der Waals surface area contributed by atoms with E-state index in [1.807, 2.05) is 5.32 Å². The summed E-state index contributed by atoms with van der Waals surface area (Å²) in [5.74, 6) is -1.07. The first-order valence-corrected chi connectivity index (χ1v) is 3.36. The number of hydroxylamine groups is 2. The Morgan fingerprint density at radius 3 is 2.46 bits per heavy atom. The molecule has 0 aromatic rings. The van der Waals surface area contributed by atoms with Crippen LogP contribution in [0, 0.1) is 0 Å². The van der Waals surface area contributed by atoms with Crippen LogP contribution in [0.25, 0.3) is 0 Å². The highest BCUT2D eigenvalue weighted by molar-refractivity contribution is 6.26. The first-order valence-electron chi connectivity index (χ1n) is 3.03. The second kappa shape index (κ2) is 3.07. The van der Waals surface area contributed by atoms with Gasteiger partial charge in [-0.2, -0.15) is 0 Å². The van der Waals surface area contributed by atoms with Gasteiger partial charge in [0.15, 0.2) is 0 Å². The van der Waals surface area contributed by atoms with E-state index in [4.69, 9.17) is 17.0 Å². The molecule has 0 spiro atoms. The minimum absolute atomic E-state index is 0.215. The summed E-state index contributed by atoms with van der Waals surface area (Å²) in [5.41, 5.74) is 4.69. The molecule has 1 aliphatic rings. The van der Waals surface area contributed by atoms with Crippen LogP contribution < -0.4 is 11.1 Å². The molecule has 0 saturated carbocycles. The fraction of sp³-hybridized carbons (Fsp3) is 0.250. The van der Waals surface area contributed by atoms with Crippen molar-refractivity contribution in [1.82, 2.24) is 14.8 Å². The zero-order valence-electron chi connectivity index (χ0n) is 6.10. The maximum Gasteiger partial charge on any atom is 0.368 e. The average molecular weight is 209 g/mol. The van der Waals surface area contributed by atoms with E-state index in [9.17, 15) is 14.4 Å². The highest BCUT2D eigenvalue weighted by Gasteiger charge is 2.45. The summed E-state index contributed by atoms with van der Waals surface area (Å²) in [7, 11) is 0. The van der Waals surface area contributed by atoms with Crippen molar-refractivity contribution in [3.8, 4) is 0 Å². The summed E-state index contributed by atoms with van der Waals surface area (Å²) in [4.78, 5) is 32.0. The summed E-state index contributed by atoms with van der Waals surface area (Å²) < 4.78 is 0.326. The van der Waals surface area contributed by atoms with Crippen molar-refractivity contribution in [2.75, 3.05) is 0 Å². The van der Waals surface area contributed by atoms with E-state index in [0.717, 1.165) is 0 Å². The Kier molecular flexibility index (Phi) is 2.26. The number of urea groups is 2. The Labute approximate surface area is 76.9 Å². The van der Waals surface area contributed by atoms with Gasteiger partial charge in [0.2, 0.25) is 6.17 Å². The molecule has 0 aromatic heterocycles. The predicted octanol–water partition coefficient (Wildman–Crippen LogP) is -1.21. The smallest absolute Gasteiger partial charge is 0.352 e. The first kappa shape index (κ1) is 9.55. The summed E-state index contributed by atoms with van der Waals surface area (Å²) in [6.07, 6.45) is -1.46. The van der Waals surface area contributed by atoms with E-state index in [-0.39, 0.29) is 5.06 Å². The number of rotatable bonds is 1. The van der Waals surface area contributed by atoms with Crippen LogP contribution in [0.2, 0.25) is 0 Å². The number of primary amides is 1. The van der Waals surface area contributed by atoms with Gasteiger partial charge in [-0.3, -0.25) is 10.0 Å². The van der Waals surface area contributed by atoms with Gasteiger partial charge < -0.3 is 11.1 Å².